The van der Waals surface area contributed by atoms with E-state index in [1.165, 1.54) is 0 Å². The first-order valence-electron chi connectivity index (χ1n) is 9.52. The number of amides is 1. The number of rotatable bonds is 7. The fourth-order valence-electron chi connectivity index (χ4n) is 3.68. The standard InChI is InChI=1S/C23H27N3O/c1-4-26(21(23(24)27)15-16(2)3)20-13-6-5-11-18(20)19-12-7-9-17-10-8-14-25-22(17)19/h5-14,16,21H,4,15H2,1-3H3,(H2,24,27)/t21-/m0/s1. The van der Waals surface area contributed by atoms with E-state index >= 15 is 0 Å². The number of likely N-dealkylation sites (N-methyl/N-ethyl adjacent to an activating group) is 1. The van der Waals surface area contributed by atoms with E-state index in [-0.39, 0.29) is 11.9 Å². The number of aromatic nitrogens is 1. The first kappa shape index (κ1) is 18.9. The monoisotopic (exact) mass is 361 g/mol. The first-order valence-corrected chi connectivity index (χ1v) is 9.52. The van der Waals surface area contributed by atoms with E-state index in [1.54, 1.807) is 0 Å². The van der Waals surface area contributed by atoms with Crippen molar-refractivity contribution in [3.05, 3.63) is 60.8 Å². The van der Waals surface area contributed by atoms with Crippen LogP contribution in [0.5, 0.6) is 0 Å². The van der Waals surface area contributed by atoms with E-state index in [2.05, 4.69) is 61.0 Å². The number of primary amides is 1. The topological polar surface area (TPSA) is 59.2 Å². The number of para-hydroxylation sites is 2. The van der Waals surface area contributed by atoms with Crippen molar-refractivity contribution in [3.8, 4) is 11.1 Å². The van der Waals surface area contributed by atoms with Gasteiger partial charge in [-0.05, 0) is 31.4 Å². The Kier molecular flexibility index (Phi) is 5.75. The minimum absolute atomic E-state index is 0.281. The SMILES string of the molecule is CCN(c1ccccc1-c1cccc2cccnc12)[C@@H](CC(C)C)C(N)=O. The van der Waals surface area contributed by atoms with Gasteiger partial charge in [0.05, 0.1) is 5.52 Å². The molecule has 0 unspecified atom stereocenters. The quantitative estimate of drug-likeness (QED) is 0.667. The Bertz CT molecular complexity index is 930. The predicted octanol–water partition coefficient (Wildman–Crippen LogP) is 4.63. The Morgan fingerprint density at radius 1 is 1.04 bits per heavy atom. The number of fused-ring (bicyclic) bond motifs is 1. The minimum Gasteiger partial charge on any atom is -0.368 e. The molecule has 2 aromatic carbocycles. The molecule has 1 aromatic heterocycles. The van der Waals surface area contributed by atoms with Crippen LogP contribution in [0.4, 0.5) is 5.69 Å². The average Bonchev–Trinajstić information content (AvgIpc) is 2.67. The zero-order valence-corrected chi connectivity index (χ0v) is 16.2. The van der Waals surface area contributed by atoms with E-state index in [4.69, 9.17) is 5.73 Å². The maximum absolute atomic E-state index is 12.2. The molecule has 27 heavy (non-hydrogen) atoms. The molecule has 0 fully saturated rings. The zero-order chi connectivity index (χ0) is 19.4. The predicted molar refractivity (Wildman–Crippen MR) is 113 cm³/mol. The molecule has 0 aliphatic carbocycles. The summed E-state index contributed by atoms with van der Waals surface area (Å²) in [5, 5.41) is 1.10. The van der Waals surface area contributed by atoms with Crippen molar-refractivity contribution in [2.75, 3.05) is 11.4 Å². The molecule has 3 aromatic rings. The van der Waals surface area contributed by atoms with Crippen LogP contribution < -0.4 is 10.6 Å². The molecule has 0 bridgehead atoms. The highest BCUT2D eigenvalue weighted by molar-refractivity contribution is 5.97. The Balaban J connectivity index is 2.16. The molecular weight excluding hydrogens is 334 g/mol. The van der Waals surface area contributed by atoms with Crippen LogP contribution in [0.3, 0.4) is 0 Å². The summed E-state index contributed by atoms with van der Waals surface area (Å²) in [5.41, 5.74) is 9.90. The first-order chi connectivity index (χ1) is 13.0. The van der Waals surface area contributed by atoms with Crippen molar-refractivity contribution in [1.82, 2.24) is 4.98 Å². The molecular formula is C23H27N3O. The minimum atomic E-state index is -0.334. The highest BCUT2D eigenvalue weighted by atomic mass is 16.1. The number of nitrogens with two attached hydrogens (primary N) is 1. The third-order valence-electron chi connectivity index (χ3n) is 4.88. The van der Waals surface area contributed by atoms with Crippen LogP contribution in [-0.4, -0.2) is 23.5 Å². The third-order valence-corrected chi connectivity index (χ3v) is 4.88. The summed E-state index contributed by atoms with van der Waals surface area (Å²) >= 11 is 0. The van der Waals surface area contributed by atoms with Gasteiger partial charge in [-0.25, -0.2) is 0 Å². The fraction of sp³-hybridized carbons (Fsp3) is 0.304. The third kappa shape index (κ3) is 3.95. The second-order valence-electron chi connectivity index (χ2n) is 7.23. The van der Waals surface area contributed by atoms with Crippen molar-refractivity contribution in [3.63, 3.8) is 0 Å². The van der Waals surface area contributed by atoms with Crippen LogP contribution in [-0.2, 0) is 4.79 Å². The van der Waals surface area contributed by atoms with E-state index < -0.39 is 0 Å². The molecule has 0 saturated heterocycles. The Morgan fingerprint density at radius 3 is 2.44 bits per heavy atom. The van der Waals surface area contributed by atoms with Crippen LogP contribution in [0.25, 0.3) is 22.0 Å². The van der Waals surface area contributed by atoms with Crippen molar-refractivity contribution >= 4 is 22.5 Å². The van der Waals surface area contributed by atoms with Crippen molar-refractivity contribution in [2.45, 2.75) is 33.2 Å². The number of carbonyl (C=O) groups excluding carboxylic acids is 1. The summed E-state index contributed by atoms with van der Waals surface area (Å²) in [6.45, 7) is 7.00. The normalized spacial score (nSPS) is 12.3. The molecule has 0 aliphatic heterocycles. The summed E-state index contributed by atoms with van der Waals surface area (Å²) < 4.78 is 0. The van der Waals surface area contributed by atoms with E-state index in [0.29, 0.717) is 12.5 Å². The largest absolute Gasteiger partial charge is 0.368 e. The van der Waals surface area contributed by atoms with Gasteiger partial charge in [0.1, 0.15) is 6.04 Å². The van der Waals surface area contributed by atoms with E-state index in [0.717, 1.165) is 34.1 Å². The van der Waals surface area contributed by atoms with Gasteiger partial charge in [0.15, 0.2) is 0 Å². The summed E-state index contributed by atoms with van der Waals surface area (Å²) in [5.74, 6) is 0.0966. The summed E-state index contributed by atoms with van der Waals surface area (Å²) in [6.07, 6.45) is 2.54. The Hall–Kier alpha value is -2.88. The van der Waals surface area contributed by atoms with Gasteiger partial charge in [0.2, 0.25) is 5.91 Å². The van der Waals surface area contributed by atoms with Gasteiger partial charge in [-0.1, -0.05) is 56.3 Å². The van der Waals surface area contributed by atoms with Crippen molar-refractivity contribution < 1.29 is 4.79 Å². The molecule has 0 saturated carbocycles. The summed E-state index contributed by atoms with van der Waals surface area (Å²) in [4.78, 5) is 19.0. The van der Waals surface area contributed by atoms with Crippen LogP contribution >= 0.6 is 0 Å². The molecule has 0 aliphatic rings. The number of anilines is 1. The molecule has 2 N–H and O–H groups in total. The number of carbonyl (C=O) groups is 1. The fourth-order valence-corrected chi connectivity index (χ4v) is 3.68. The lowest BCUT2D eigenvalue weighted by Crippen LogP contribution is -2.46. The molecule has 140 valence electrons. The van der Waals surface area contributed by atoms with Crippen molar-refractivity contribution in [2.24, 2.45) is 11.7 Å². The second kappa shape index (κ2) is 8.21. The molecule has 3 rings (SSSR count). The highest BCUT2D eigenvalue weighted by Gasteiger charge is 2.26. The smallest absolute Gasteiger partial charge is 0.240 e. The van der Waals surface area contributed by atoms with Gasteiger partial charge in [-0.3, -0.25) is 9.78 Å². The van der Waals surface area contributed by atoms with Gasteiger partial charge in [-0.15, -0.1) is 0 Å². The second-order valence-corrected chi connectivity index (χ2v) is 7.23. The maximum Gasteiger partial charge on any atom is 0.240 e. The Morgan fingerprint density at radius 2 is 1.74 bits per heavy atom. The lowest BCUT2D eigenvalue weighted by Gasteiger charge is -2.33. The molecule has 1 heterocycles. The van der Waals surface area contributed by atoms with Crippen LogP contribution in [0.1, 0.15) is 27.2 Å². The van der Waals surface area contributed by atoms with Gasteiger partial charge in [0, 0.05) is 34.9 Å². The summed E-state index contributed by atoms with van der Waals surface area (Å²) in [7, 11) is 0. The number of pyridine rings is 1. The Labute approximate surface area is 161 Å². The molecule has 4 heteroatoms. The molecule has 0 radical (unpaired) electrons. The van der Waals surface area contributed by atoms with Gasteiger partial charge >= 0.3 is 0 Å². The van der Waals surface area contributed by atoms with Crippen LogP contribution in [0.15, 0.2) is 60.8 Å². The lowest BCUT2D eigenvalue weighted by molar-refractivity contribution is -0.119. The highest BCUT2D eigenvalue weighted by Crippen LogP contribution is 2.36. The van der Waals surface area contributed by atoms with Crippen LogP contribution in [0.2, 0.25) is 0 Å². The van der Waals surface area contributed by atoms with Gasteiger partial charge in [-0.2, -0.15) is 0 Å². The number of hydrogen-bond acceptors (Lipinski definition) is 3. The number of nitrogens with zero attached hydrogens (tertiary/aromatic N) is 2. The number of hydrogen-bond donors (Lipinski definition) is 1. The van der Waals surface area contributed by atoms with Crippen LogP contribution in [0, 0.1) is 5.92 Å². The summed E-state index contributed by atoms with van der Waals surface area (Å²) in [6, 6.07) is 18.1. The molecule has 0 spiro atoms. The number of benzene rings is 2. The average molecular weight is 361 g/mol. The van der Waals surface area contributed by atoms with E-state index in [9.17, 15) is 4.79 Å². The molecule has 1 atom stereocenters. The zero-order valence-electron chi connectivity index (χ0n) is 16.2. The van der Waals surface area contributed by atoms with Gasteiger partial charge < -0.3 is 10.6 Å². The molecule has 1 amide bonds. The van der Waals surface area contributed by atoms with Gasteiger partial charge in [0.25, 0.3) is 0 Å². The van der Waals surface area contributed by atoms with E-state index in [1.807, 2.05) is 30.5 Å². The lowest BCUT2D eigenvalue weighted by atomic mass is 9.96. The molecule has 4 nitrogen and oxygen atoms in total. The van der Waals surface area contributed by atoms with Crippen molar-refractivity contribution in [1.29, 1.82) is 0 Å². The maximum atomic E-state index is 12.2.